The van der Waals surface area contributed by atoms with Gasteiger partial charge in [-0.25, -0.2) is 0 Å². The molecule has 98 valence electrons. The van der Waals surface area contributed by atoms with E-state index in [1.807, 2.05) is 12.1 Å². The van der Waals surface area contributed by atoms with Crippen LogP contribution in [-0.4, -0.2) is 36.2 Å². The number of halogens is 1. The van der Waals surface area contributed by atoms with Gasteiger partial charge in [0.15, 0.2) is 0 Å². The number of aliphatic carboxylic acids is 1. The molecule has 2 rings (SSSR count). The minimum atomic E-state index is -0.752. The van der Waals surface area contributed by atoms with Crippen LogP contribution in [-0.2, 0) is 4.79 Å². The van der Waals surface area contributed by atoms with Gasteiger partial charge in [-0.05, 0) is 31.2 Å². The van der Waals surface area contributed by atoms with E-state index in [2.05, 4.69) is 45.2 Å². The Morgan fingerprint density at radius 3 is 2.78 bits per heavy atom. The summed E-state index contributed by atoms with van der Waals surface area (Å²) in [6.07, 6.45) is 0.166. The van der Waals surface area contributed by atoms with Gasteiger partial charge in [-0.2, -0.15) is 0 Å². The average Bonchev–Trinajstić information content (AvgIpc) is 2.32. The molecule has 4 nitrogen and oxygen atoms in total. The van der Waals surface area contributed by atoms with Crippen molar-refractivity contribution in [3.8, 4) is 0 Å². The van der Waals surface area contributed by atoms with Crippen LogP contribution in [0.2, 0.25) is 0 Å². The lowest BCUT2D eigenvalue weighted by atomic mass is 10.1. The standard InChI is InChI=1S/C13H17BrN2O2/c1-9-7-15-11(6-13(17)18)8-16(9)12-4-2-10(14)3-5-12/h2-5,9,11,15H,6-8H2,1H3,(H,17,18). The van der Waals surface area contributed by atoms with Crippen molar-refractivity contribution in [2.75, 3.05) is 18.0 Å². The second kappa shape index (κ2) is 5.71. The molecule has 2 unspecified atom stereocenters. The summed E-state index contributed by atoms with van der Waals surface area (Å²) in [5, 5.41) is 12.1. The van der Waals surface area contributed by atoms with Gasteiger partial charge in [0.1, 0.15) is 0 Å². The maximum Gasteiger partial charge on any atom is 0.304 e. The highest BCUT2D eigenvalue weighted by Gasteiger charge is 2.26. The quantitative estimate of drug-likeness (QED) is 0.897. The number of nitrogens with zero attached hydrogens (tertiary/aromatic N) is 1. The Balaban J connectivity index is 2.09. The van der Waals surface area contributed by atoms with Crippen LogP contribution in [0.15, 0.2) is 28.7 Å². The highest BCUT2D eigenvalue weighted by molar-refractivity contribution is 9.10. The Hall–Kier alpha value is -1.07. The van der Waals surface area contributed by atoms with Crippen LogP contribution in [0, 0.1) is 0 Å². The van der Waals surface area contributed by atoms with Gasteiger partial charge in [-0.15, -0.1) is 0 Å². The molecule has 2 atom stereocenters. The monoisotopic (exact) mass is 312 g/mol. The number of anilines is 1. The van der Waals surface area contributed by atoms with E-state index >= 15 is 0 Å². The first-order valence-electron chi connectivity index (χ1n) is 6.03. The molecule has 1 aromatic carbocycles. The molecule has 18 heavy (non-hydrogen) atoms. The second-order valence-corrected chi connectivity index (χ2v) is 5.60. The van der Waals surface area contributed by atoms with Gasteiger partial charge in [0, 0.05) is 35.3 Å². The van der Waals surface area contributed by atoms with Crippen LogP contribution in [0.3, 0.4) is 0 Å². The normalized spacial score (nSPS) is 24.0. The number of hydrogen-bond donors (Lipinski definition) is 2. The van der Waals surface area contributed by atoms with E-state index < -0.39 is 5.97 Å². The van der Waals surface area contributed by atoms with E-state index in [9.17, 15) is 4.79 Å². The van der Waals surface area contributed by atoms with Crippen molar-refractivity contribution in [3.05, 3.63) is 28.7 Å². The van der Waals surface area contributed by atoms with E-state index in [1.54, 1.807) is 0 Å². The van der Waals surface area contributed by atoms with Crippen molar-refractivity contribution in [3.63, 3.8) is 0 Å². The molecule has 0 aliphatic carbocycles. The average molecular weight is 313 g/mol. The molecule has 0 amide bonds. The van der Waals surface area contributed by atoms with Crippen LogP contribution in [0.1, 0.15) is 13.3 Å². The fraction of sp³-hybridized carbons (Fsp3) is 0.462. The topological polar surface area (TPSA) is 52.6 Å². The highest BCUT2D eigenvalue weighted by Crippen LogP contribution is 2.22. The van der Waals surface area contributed by atoms with Gasteiger partial charge in [0.25, 0.3) is 0 Å². The molecule has 0 spiro atoms. The first kappa shape index (κ1) is 13.4. The smallest absolute Gasteiger partial charge is 0.304 e. The summed E-state index contributed by atoms with van der Waals surface area (Å²) in [6, 6.07) is 8.53. The number of carboxylic acid groups (broad SMARTS) is 1. The molecule has 0 aromatic heterocycles. The number of carbonyl (C=O) groups is 1. The van der Waals surface area contributed by atoms with E-state index in [0.717, 1.165) is 23.2 Å². The van der Waals surface area contributed by atoms with Crippen molar-refractivity contribution < 1.29 is 9.90 Å². The number of carboxylic acids is 1. The SMILES string of the molecule is CC1CNC(CC(=O)O)CN1c1ccc(Br)cc1. The summed E-state index contributed by atoms with van der Waals surface area (Å²) in [6.45, 7) is 3.69. The molecule has 1 aliphatic heterocycles. The molecule has 0 saturated carbocycles. The lowest BCUT2D eigenvalue weighted by Crippen LogP contribution is -2.56. The van der Waals surface area contributed by atoms with Crippen molar-refractivity contribution >= 4 is 27.6 Å². The van der Waals surface area contributed by atoms with Crippen molar-refractivity contribution in [2.24, 2.45) is 0 Å². The van der Waals surface area contributed by atoms with Crippen molar-refractivity contribution in [2.45, 2.75) is 25.4 Å². The molecule has 1 saturated heterocycles. The van der Waals surface area contributed by atoms with Gasteiger partial charge in [0.2, 0.25) is 0 Å². The predicted molar refractivity (Wildman–Crippen MR) is 75.0 cm³/mol. The number of nitrogens with one attached hydrogen (secondary N) is 1. The zero-order valence-electron chi connectivity index (χ0n) is 10.3. The third kappa shape index (κ3) is 3.23. The Morgan fingerprint density at radius 2 is 2.17 bits per heavy atom. The van der Waals surface area contributed by atoms with Gasteiger partial charge in [-0.3, -0.25) is 4.79 Å². The largest absolute Gasteiger partial charge is 0.481 e. The van der Waals surface area contributed by atoms with E-state index in [1.165, 1.54) is 0 Å². The van der Waals surface area contributed by atoms with Crippen LogP contribution in [0.4, 0.5) is 5.69 Å². The summed E-state index contributed by atoms with van der Waals surface area (Å²) < 4.78 is 1.05. The minimum absolute atomic E-state index is 0.0161. The number of hydrogen-bond acceptors (Lipinski definition) is 3. The Labute approximate surface area is 115 Å². The van der Waals surface area contributed by atoms with Gasteiger partial charge < -0.3 is 15.3 Å². The van der Waals surface area contributed by atoms with Crippen LogP contribution < -0.4 is 10.2 Å². The van der Waals surface area contributed by atoms with E-state index in [-0.39, 0.29) is 12.5 Å². The Morgan fingerprint density at radius 1 is 1.50 bits per heavy atom. The van der Waals surface area contributed by atoms with E-state index in [0.29, 0.717) is 6.04 Å². The predicted octanol–water partition coefficient (Wildman–Crippen LogP) is 2.09. The van der Waals surface area contributed by atoms with Gasteiger partial charge in [0.05, 0.1) is 6.42 Å². The van der Waals surface area contributed by atoms with Gasteiger partial charge in [-0.1, -0.05) is 15.9 Å². The van der Waals surface area contributed by atoms with Crippen molar-refractivity contribution in [1.82, 2.24) is 5.32 Å². The van der Waals surface area contributed by atoms with Crippen molar-refractivity contribution in [1.29, 1.82) is 0 Å². The zero-order chi connectivity index (χ0) is 13.1. The molecule has 5 heteroatoms. The number of piperazine rings is 1. The fourth-order valence-corrected chi connectivity index (χ4v) is 2.53. The molecule has 0 radical (unpaired) electrons. The lowest BCUT2D eigenvalue weighted by Gasteiger charge is -2.40. The molecule has 1 aromatic rings. The third-order valence-electron chi connectivity index (χ3n) is 3.23. The Kier molecular flexibility index (Phi) is 4.24. The Bertz CT molecular complexity index is 422. The fourth-order valence-electron chi connectivity index (χ4n) is 2.27. The van der Waals surface area contributed by atoms with Crippen LogP contribution in [0.5, 0.6) is 0 Å². The third-order valence-corrected chi connectivity index (χ3v) is 3.76. The molecule has 1 heterocycles. The number of benzene rings is 1. The minimum Gasteiger partial charge on any atom is -0.481 e. The summed E-state index contributed by atoms with van der Waals surface area (Å²) in [5.74, 6) is -0.752. The van der Waals surface area contributed by atoms with Crippen LogP contribution >= 0.6 is 15.9 Å². The maximum atomic E-state index is 10.8. The first-order chi connectivity index (χ1) is 8.56. The lowest BCUT2D eigenvalue weighted by molar-refractivity contribution is -0.137. The first-order valence-corrected chi connectivity index (χ1v) is 6.83. The summed E-state index contributed by atoms with van der Waals surface area (Å²) >= 11 is 3.42. The summed E-state index contributed by atoms with van der Waals surface area (Å²) in [7, 11) is 0. The highest BCUT2D eigenvalue weighted by atomic mass is 79.9. The molecule has 0 bridgehead atoms. The zero-order valence-corrected chi connectivity index (χ0v) is 11.9. The molecular formula is C13H17BrN2O2. The summed E-state index contributed by atoms with van der Waals surface area (Å²) in [5.41, 5.74) is 1.14. The van der Waals surface area contributed by atoms with Gasteiger partial charge >= 0.3 is 5.97 Å². The second-order valence-electron chi connectivity index (χ2n) is 4.68. The van der Waals surface area contributed by atoms with Crippen LogP contribution in [0.25, 0.3) is 0 Å². The number of rotatable bonds is 3. The summed E-state index contributed by atoms with van der Waals surface area (Å²) in [4.78, 5) is 13.0. The molecule has 1 aliphatic rings. The molecular weight excluding hydrogens is 296 g/mol. The van der Waals surface area contributed by atoms with E-state index in [4.69, 9.17) is 5.11 Å². The molecule has 2 N–H and O–H groups in total. The maximum absolute atomic E-state index is 10.8. The molecule has 1 fully saturated rings.